The summed E-state index contributed by atoms with van der Waals surface area (Å²) in [5.74, 6) is -2.84. The van der Waals surface area contributed by atoms with Gasteiger partial charge in [-0.1, -0.05) is 66.2 Å². The molecule has 0 spiro atoms. The molecule has 0 saturated carbocycles. The van der Waals surface area contributed by atoms with Crippen molar-refractivity contribution in [3.05, 3.63) is 64.7 Å². The summed E-state index contributed by atoms with van der Waals surface area (Å²) in [4.78, 5) is 22.4. The van der Waals surface area contributed by atoms with Gasteiger partial charge in [0, 0.05) is 11.5 Å². The number of rotatable bonds is 4. The Morgan fingerprint density at radius 3 is 2.24 bits per heavy atom. The predicted molar refractivity (Wildman–Crippen MR) is 79.8 cm³/mol. The van der Waals surface area contributed by atoms with E-state index in [0.717, 1.165) is 5.56 Å². The average Bonchev–Trinajstić information content (AvgIpc) is 2.46. The molecule has 2 rings (SSSR count). The van der Waals surface area contributed by atoms with Crippen LogP contribution < -0.4 is 0 Å². The van der Waals surface area contributed by atoms with E-state index in [1.807, 2.05) is 36.4 Å². The summed E-state index contributed by atoms with van der Waals surface area (Å²) in [6.45, 7) is 0. The highest BCUT2D eigenvalue weighted by molar-refractivity contribution is 6.31. The molecule has 5 heteroatoms. The fraction of sp³-hybridized carbons (Fsp3) is 0.125. The standard InChI is InChI=1S/C16H13ClO4/c17-13-10-16(14(18)19,15(20)21)9-8-12(13)7-6-11-4-2-1-3-5-11/h1-9H,10H2,(H,18,19)(H,20,21)/b7-6+. The zero-order valence-electron chi connectivity index (χ0n) is 11.0. The van der Waals surface area contributed by atoms with Crippen LogP contribution in [-0.2, 0) is 9.59 Å². The van der Waals surface area contributed by atoms with Crippen LogP contribution in [-0.4, -0.2) is 22.2 Å². The molecular weight excluding hydrogens is 292 g/mol. The Morgan fingerprint density at radius 2 is 1.71 bits per heavy atom. The summed E-state index contributed by atoms with van der Waals surface area (Å²) >= 11 is 6.07. The molecule has 1 aromatic carbocycles. The van der Waals surface area contributed by atoms with Crippen molar-refractivity contribution >= 4 is 29.6 Å². The quantitative estimate of drug-likeness (QED) is 0.837. The van der Waals surface area contributed by atoms with E-state index < -0.39 is 17.4 Å². The molecule has 2 N–H and O–H groups in total. The van der Waals surface area contributed by atoms with Gasteiger partial charge in [-0.25, -0.2) is 0 Å². The van der Waals surface area contributed by atoms with E-state index in [2.05, 4.69) is 0 Å². The van der Waals surface area contributed by atoms with E-state index in [-0.39, 0.29) is 11.5 Å². The number of carbonyl (C=O) groups is 2. The summed E-state index contributed by atoms with van der Waals surface area (Å²) < 4.78 is 0. The Kier molecular flexibility index (Phi) is 4.29. The van der Waals surface area contributed by atoms with E-state index in [0.29, 0.717) is 5.57 Å². The fourth-order valence-electron chi connectivity index (χ4n) is 2.01. The van der Waals surface area contributed by atoms with Gasteiger partial charge in [0.05, 0.1) is 0 Å². The molecule has 1 aliphatic carbocycles. The number of aliphatic carboxylic acids is 2. The van der Waals surface area contributed by atoms with Crippen LogP contribution in [0.15, 0.2) is 59.2 Å². The molecule has 1 aliphatic rings. The summed E-state index contributed by atoms with van der Waals surface area (Å²) in [6.07, 6.45) is 5.92. The Labute approximate surface area is 126 Å². The maximum atomic E-state index is 11.2. The maximum absolute atomic E-state index is 11.2. The second kappa shape index (κ2) is 5.97. The number of benzene rings is 1. The van der Waals surface area contributed by atoms with Gasteiger partial charge in [0.1, 0.15) is 0 Å². The molecule has 0 bridgehead atoms. The van der Waals surface area contributed by atoms with Crippen molar-refractivity contribution in [3.63, 3.8) is 0 Å². The number of hydrogen-bond acceptors (Lipinski definition) is 2. The largest absolute Gasteiger partial charge is 0.480 e. The van der Waals surface area contributed by atoms with Crippen molar-refractivity contribution in [2.75, 3.05) is 0 Å². The molecule has 1 aromatic rings. The molecule has 0 saturated heterocycles. The highest BCUT2D eigenvalue weighted by Gasteiger charge is 2.46. The van der Waals surface area contributed by atoms with Gasteiger partial charge in [0.25, 0.3) is 0 Å². The third kappa shape index (κ3) is 3.06. The molecule has 0 aromatic heterocycles. The van der Waals surface area contributed by atoms with Gasteiger partial charge in [0.15, 0.2) is 5.41 Å². The molecule has 0 atom stereocenters. The highest BCUT2D eigenvalue weighted by Crippen LogP contribution is 2.37. The first kappa shape index (κ1) is 15.1. The number of halogens is 1. The van der Waals surface area contributed by atoms with Gasteiger partial charge in [-0.3, -0.25) is 9.59 Å². The second-order valence-electron chi connectivity index (χ2n) is 4.70. The zero-order chi connectivity index (χ0) is 15.5. The van der Waals surface area contributed by atoms with Crippen molar-refractivity contribution in [2.45, 2.75) is 6.42 Å². The number of carboxylic acids is 2. The smallest absolute Gasteiger partial charge is 0.325 e. The minimum atomic E-state index is -1.98. The van der Waals surface area contributed by atoms with Crippen molar-refractivity contribution in [1.29, 1.82) is 0 Å². The minimum absolute atomic E-state index is 0.217. The Balaban J connectivity index is 2.26. The Hall–Kier alpha value is -2.33. The van der Waals surface area contributed by atoms with E-state index >= 15 is 0 Å². The highest BCUT2D eigenvalue weighted by atomic mass is 35.5. The molecule has 108 valence electrons. The van der Waals surface area contributed by atoms with Crippen molar-refractivity contribution in [3.8, 4) is 0 Å². The van der Waals surface area contributed by atoms with Crippen LogP contribution in [0.3, 0.4) is 0 Å². The lowest BCUT2D eigenvalue weighted by Crippen LogP contribution is -2.38. The van der Waals surface area contributed by atoms with Crippen LogP contribution >= 0.6 is 11.6 Å². The minimum Gasteiger partial charge on any atom is -0.480 e. The second-order valence-corrected chi connectivity index (χ2v) is 5.15. The van der Waals surface area contributed by atoms with Crippen LogP contribution in [0, 0.1) is 5.41 Å². The summed E-state index contributed by atoms with van der Waals surface area (Å²) in [7, 11) is 0. The SMILES string of the molecule is O=C(O)C1(C(=O)O)C=CC(/C=C/c2ccccc2)=C(Cl)C1. The van der Waals surface area contributed by atoms with Crippen LogP contribution in [0.25, 0.3) is 6.08 Å². The zero-order valence-corrected chi connectivity index (χ0v) is 11.7. The summed E-state index contributed by atoms with van der Waals surface area (Å²) in [6, 6.07) is 9.52. The molecule has 0 fully saturated rings. The lowest BCUT2D eigenvalue weighted by Gasteiger charge is -2.24. The molecule has 0 amide bonds. The van der Waals surface area contributed by atoms with Crippen LogP contribution in [0.2, 0.25) is 0 Å². The monoisotopic (exact) mass is 304 g/mol. The topological polar surface area (TPSA) is 74.6 Å². The lowest BCUT2D eigenvalue weighted by atomic mass is 9.80. The van der Waals surface area contributed by atoms with Gasteiger partial charge in [-0.2, -0.15) is 0 Å². The third-order valence-electron chi connectivity index (χ3n) is 3.31. The van der Waals surface area contributed by atoms with E-state index in [1.54, 1.807) is 6.08 Å². The van der Waals surface area contributed by atoms with Gasteiger partial charge < -0.3 is 10.2 Å². The molecule has 4 nitrogen and oxygen atoms in total. The number of carboxylic acid groups (broad SMARTS) is 2. The summed E-state index contributed by atoms with van der Waals surface area (Å²) in [5.41, 5.74) is -0.406. The lowest BCUT2D eigenvalue weighted by molar-refractivity contribution is -0.160. The average molecular weight is 305 g/mol. The first-order valence-corrected chi connectivity index (χ1v) is 6.61. The van der Waals surface area contributed by atoms with Gasteiger partial charge in [-0.15, -0.1) is 0 Å². The van der Waals surface area contributed by atoms with Crippen molar-refractivity contribution in [2.24, 2.45) is 5.41 Å². The molecule has 0 radical (unpaired) electrons. The Morgan fingerprint density at radius 1 is 1.10 bits per heavy atom. The van der Waals surface area contributed by atoms with E-state index in [9.17, 15) is 9.59 Å². The maximum Gasteiger partial charge on any atom is 0.325 e. The number of allylic oxidation sites excluding steroid dienone is 4. The van der Waals surface area contributed by atoms with Crippen molar-refractivity contribution < 1.29 is 19.8 Å². The summed E-state index contributed by atoms with van der Waals surface area (Å²) in [5, 5.41) is 18.5. The Bertz CT molecular complexity index is 642. The van der Waals surface area contributed by atoms with E-state index in [4.69, 9.17) is 21.8 Å². The van der Waals surface area contributed by atoms with Gasteiger partial charge in [-0.05, 0) is 11.1 Å². The molecule has 0 unspecified atom stereocenters. The third-order valence-corrected chi connectivity index (χ3v) is 3.66. The molecule has 21 heavy (non-hydrogen) atoms. The fourth-order valence-corrected chi connectivity index (χ4v) is 2.35. The molecule has 0 aliphatic heterocycles. The normalized spacial score (nSPS) is 17.2. The van der Waals surface area contributed by atoms with Gasteiger partial charge in [0.2, 0.25) is 0 Å². The van der Waals surface area contributed by atoms with Gasteiger partial charge >= 0.3 is 11.9 Å². The van der Waals surface area contributed by atoms with Crippen LogP contribution in [0.4, 0.5) is 0 Å². The van der Waals surface area contributed by atoms with Crippen LogP contribution in [0.1, 0.15) is 12.0 Å². The molecule has 0 heterocycles. The van der Waals surface area contributed by atoms with E-state index in [1.165, 1.54) is 12.2 Å². The molecular formula is C16H13ClO4. The predicted octanol–water partition coefficient (Wildman–Crippen LogP) is 3.31. The van der Waals surface area contributed by atoms with Crippen molar-refractivity contribution in [1.82, 2.24) is 0 Å². The van der Waals surface area contributed by atoms with Crippen LogP contribution in [0.5, 0.6) is 0 Å². The first-order valence-electron chi connectivity index (χ1n) is 6.23. The first-order chi connectivity index (χ1) is 9.95. The number of hydrogen-bond donors (Lipinski definition) is 2.